The minimum Gasteiger partial charge on any atom is -0.462 e. The van der Waals surface area contributed by atoms with E-state index in [2.05, 4.69) is 130 Å². The first-order valence-corrected chi connectivity index (χ1v) is 33.4. The summed E-state index contributed by atoms with van der Waals surface area (Å²) in [6, 6.07) is 0. The molecule has 0 rings (SSSR count). The summed E-state index contributed by atoms with van der Waals surface area (Å²) in [5.41, 5.74) is 0. The zero-order chi connectivity index (χ0) is 57.1. The Morgan fingerprint density at radius 1 is 0.266 bits per heavy atom. The van der Waals surface area contributed by atoms with Crippen molar-refractivity contribution in [2.24, 2.45) is 0 Å². The molecular weight excluding hydrogens is 973 g/mol. The van der Waals surface area contributed by atoms with Crippen LogP contribution in [0.25, 0.3) is 0 Å². The molecule has 0 spiro atoms. The third-order valence-corrected chi connectivity index (χ3v) is 14.3. The van der Waals surface area contributed by atoms with Gasteiger partial charge < -0.3 is 14.2 Å². The molecular formula is C73H124O6. The number of ether oxygens (including phenoxy) is 3. The van der Waals surface area contributed by atoms with E-state index in [1.165, 1.54) is 167 Å². The van der Waals surface area contributed by atoms with E-state index in [1.54, 1.807) is 0 Å². The Balaban J connectivity index is 4.16. The van der Waals surface area contributed by atoms with E-state index in [4.69, 9.17) is 14.2 Å². The molecule has 0 fully saturated rings. The highest BCUT2D eigenvalue weighted by Gasteiger charge is 2.19. The normalized spacial score (nSPS) is 12.8. The highest BCUT2D eigenvalue weighted by atomic mass is 16.6. The second-order valence-electron chi connectivity index (χ2n) is 22.0. The molecule has 0 saturated heterocycles. The van der Waals surface area contributed by atoms with Gasteiger partial charge in [0.05, 0.1) is 0 Å². The number of carbonyl (C=O) groups is 3. The molecule has 0 N–H and O–H groups in total. The van der Waals surface area contributed by atoms with Crippen LogP contribution in [-0.4, -0.2) is 37.2 Å². The monoisotopic (exact) mass is 1100 g/mol. The summed E-state index contributed by atoms with van der Waals surface area (Å²) in [7, 11) is 0. The van der Waals surface area contributed by atoms with Crippen LogP contribution in [-0.2, 0) is 28.6 Å². The number of unbranched alkanes of at least 4 members (excludes halogenated alkanes) is 31. The third kappa shape index (κ3) is 64.8. The number of allylic oxidation sites excluding steroid dienone is 18. The first-order valence-electron chi connectivity index (χ1n) is 33.4. The minimum atomic E-state index is -0.805. The van der Waals surface area contributed by atoms with Crippen LogP contribution >= 0.6 is 0 Å². The molecule has 0 saturated carbocycles. The van der Waals surface area contributed by atoms with Crippen molar-refractivity contribution in [2.45, 2.75) is 322 Å². The van der Waals surface area contributed by atoms with Crippen LogP contribution in [0.1, 0.15) is 316 Å². The SMILES string of the molecule is CC/C=C\C/C=C\C/C=C\C/C=C\C/C=C\CCCC(=O)OC(COC(=O)CCCCCCCCCCCCC)COC(=O)CCCCCCCCCCCCCCCCCCCCCC/C=C\C/C=C\C/C=C\C/C=C\CC. The molecule has 0 aromatic heterocycles. The molecule has 6 nitrogen and oxygen atoms in total. The van der Waals surface area contributed by atoms with Crippen molar-refractivity contribution in [1.29, 1.82) is 0 Å². The Hall–Kier alpha value is -3.93. The predicted octanol–water partition coefficient (Wildman–Crippen LogP) is 23.0. The van der Waals surface area contributed by atoms with Gasteiger partial charge in [-0.05, 0) is 96.3 Å². The van der Waals surface area contributed by atoms with Crippen LogP contribution in [0.3, 0.4) is 0 Å². The third-order valence-electron chi connectivity index (χ3n) is 14.3. The predicted molar refractivity (Wildman–Crippen MR) is 343 cm³/mol. The standard InChI is InChI=1S/C73H124O6/c1-4-7-10-13-16-19-22-24-26-28-29-30-31-32-33-34-35-36-37-38-39-40-41-42-43-45-46-48-51-54-57-60-63-66-72(75)78-69-70(68-77-71(74)65-62-59-56-53-50-21-18-15-12-9-6-3)79-73(76)67-64-61-58-55-52-49-47-44-27-25-23-20-17-14-11-8-5-2/h7-8,10-11,16-17,19-20,24-27,29-30,47,49,55,58,70H,4-6,9,12-15,18,21-23,28,31-46,48,50-54,56-57,59-69H2,1-3H3/b10-7-,11-8-,19-16-,20-17-,26-24-,27-25-,30-29-,49-47-,58-55-. The van der Waals surface area contributed by atoms with Gasteiger partial charge in [-0.25, -0.2) is 0 Å². The van der Waals surface area contributed by atoms with Crippen molar-refractivity contribution in [3.8, 4) is 0 Å². The number of hydrogen-bond donors (Lipinski definition) is 0. The second-order valence-corrected chi connectivity index (χ2v) is 22.0. The van der Waals surface area contributed by atoms with Gasteiger partial charge in [0.15, 0.2) is 6.10 Å². The molecule has 0 aliphatic heterocycles. The molecule has 1 atom stereocenters. The van der Waals surface area contributed by atoms with Gasteiger partial charge in [0.1, 0.15) is 13.2 Å². The fourth-order valence-corrected chi connectivity index (χ4v) is 9.35. The van der Waals surface area contributed by atoms with Gasteiger partial charge in [0.25, 0.3) is 0 Å². The molecule has 0 aromatic rings. The summed E-state index contributed by atoms with van der Waals surface area (Å²) in [6.45, 7) is 6.38. The van der Waals surface area contributed by atoms with Gasteiger partial charge in [0, 0.05) is 19.3 Å². The maximum absolute atomic E-state index is 12.9. The molecule has 0 amide bonds. The van der Waals surface area contributed by atoms with E-state index in [-0.39, 0.29) is 37.5 Å². The molecule has 79 heavy (non-hydrogen) atoms. The summed E-state index contributed by atoms with van der Waals surface area (Å²) in [6.07, 6.45) is 91.3. The average molecular weight is 1100 g/mol. The van der Waals surface area contributed by atoms with Gasteiger partial charge in [-0.3, -0.25) is 14.4 Å². The van der Waals surface area contributed by atoms with Crippen LogP contribution < -0.4 is 0 Å². The average Bonchev–Trinajstić information content (AvgIpc) is 3.45. The Morgan fingerprint density at radius 3 is 0.810 bits per heavy atom. The van der Waals surface area contributed by atoms with Crippen molar-refractivity contribution >= 4 is 17.9 Å². The summed E-state index contributed by atoms with van der Waals surface area (Å²) < 4.78 is 16.9. The van der Waals surface area contributed by atoms with Crippen LogP contribution in [0.4, 0.5) is 0 Å². The summed E-state index contributed by atoms with van der Waals surface area (Å²) >= 11 is 0. The summed E-state index contributed by atoms with van der Waals surface area (Å²) in [5.74, 6) is -0.945. The fourth-order valence-electron chi connectivity index (χ4n) is 9.35. The van der Waals surface area contributed by atoms with E-state index >= 15 is 0 Å². The maximum atomic E-state index is 12.9. The van der Waals surface area contributed by atoms with Crippen LogP contribution in [0.15, 0.2) is 109 Å². The Bertz CT molecular complexity index is 1590. The molecule has 0 radical (unpaired) electrons. The van der Waals surface area contributed by atoms with Crippen molar-refractivity contribution in [3.05, 3.63) is 109 Å². The zero-order valence-corrected chi connectivity index (χ0v) is 51.9. The lowest BCUT2D eigenvalue weighted by Crippen LogP contribution is -2.30. The number of rotatable bonds is 60. The van der Waals surface area contributed by atoms with E-state index in [0.717, 1.165) is 103 Å². The smallest absolute Gasteiger partial charge is 0.306 e. The maximum Gasteiger partial charge on any atom is 0.306 e. The van der Waals surface area contributed by atoms with Crippen molar-refractivity contribution in [1.82, 2.24) is 0 Å². The van der Waals surface area contributed by atoms with E-state index in [0.29, 0.717) is 19.3 Å². The lowest BCUT2D eigenvalue weighted by molar-refractivity contribution is -0.167. The second kappa shape index (κ2) is 66.6. The lowest BCUT2D eigenvalue weighted by Gasteiger charge is -2.18. The minimum absolute atomic E-state index is 0.0967. The number of esters is 3. The van der Waals surface area contributed by atoms with E-state index < -0.39 is 6.10 Å². The van der Waals surface area contributed by atoms with Gasteiger partial charge in [0.2, 0.25) is 0 Å². The highest BCUT2D eigenvalue weighted by Crippen LogP contribution is 2.17. The molecule has 0 aliphatic carbocycles. The number of carbonyl (C=O) groups excluding carboxylic acids is 3. The van der Waals surface area contributed by atoms with E-state index in [9.17, 15) is 14.4 Å². The van der Waals surface area contributed by atoms with Crippen molar-refractivity contribution in [2.75, 3.05) is 13.2 Å². The first kappa shape index (κ1) is 75.1. The van der Waals surface area contributed by atoms with Crippen LogP contribution in [0, 0.1) is 0 Å². The fraction of sp³-hybridized carbons (Fsp3) is 0.712. The molecule has 452 valence electrons. The quantitative estimate of drug-likeness (QED) is 0.0261. The van der Waals surface area contributed by atoms with Crippen molar-refractivity contribution in [3.63, 3.8) is 0 Å². The van der Waals surface area contributed by atoms with Gasteiger partial charge >= 0.3 is 17.9 Å². The molecule has 1 unspecified atom stereocenters. The summed E-state index contributed by atoms with van der Waals surface area (Å²) in [4.78, 5) is 38.2. The van der Waals surface area contributed by atoms with Gasteiger partial charge in [-0.1, -0.05) is 310 Å². The number of hydrogen-bond acceptors (Lipinski definition) is 6. The zero-order valence-electron chi connectivity index (χ0n) is 51.9. The molecule has 0 aliphatic rings. The van der Waals surface area contributed by atoms with Crippen molar-refractivity contribution < 1.29 is 28.6 Å². The molecule has 0 aromatic carbocycles. The molecule has 0 heterocycles. The van der Waals surface area contributed by atoms with Crippen LogP contribution in [0.5, 0.6) is 0 Å². The largest absolute Gasteiger partial charge is 0.462 e. The van der Waals surface area contributed by atoms with E-state index in [1.807, 2.05) is 0 Å². The van der Waals surface area contributed by atoms with Crippen LogP contribution in [0.2, 0.25) is 0 Å². The Morgan fingerprint density at radius 2 is 0.506 bits per heavy atom. The molecule has 0 bridgehead atoms. The Kier molecular flexibility index (Phi) is 63.3. The van der Waals surface area contributed by atoms with Gasteiger partial charge in [-0.2, -0.15) is 0 Å². The Labute approximate surface area is 489 Å². The highest BCUT2D eigenvalue weighted by molar-refractivity contribution is 5.71. The first-order chi connectivity index (χ1) is 39.0. The summed E-state index contributed by atoms with van der Waals surface area (Å²) in [5, 5.41) is 0. The molecule has 6 heteroatoms. The van der Waals surface area contributed by atoms with Gasteiger partial charge in [-0.15, -0.1) is 0 Å². The lowest BCUT2D eigenvalue weighted by atomic mass is 10.0. The topological polar surface area (TPSA) is 78.9 Å².